The Labute approximate surface area is 71.3 Å². The van der Waals surface area contributed by atoms with Crippen molar-refractivity contribution in [3.8, 4) is 0 Å². The molecule has 1 N–H and O–H groups in total. The number of aromatic nitrogens is 2. The molecule has 7 heteroatoms. The first-order chi connectivity index (χ1) is 5.95. The van der Waals surface area contributed by atoms with Crippen LogP contribution in [0.25, 0.3) is 0 Å². The minimum absolute atomic E-state index is 0.0603. The highest BCUT2D eigenvalue weighted by Gasteiger charge is 2.34. The highest BCUT2D eigenvalue weighted by Crippen LogP contribution is 2.27. The van der Waals surface area contributed by atoms with Crippen LogP contribution < -0.4 is 0 Å². The molecule has 0 unspecified atom stereocenters. The van der Waals surface area contributed by atoms with E-state index in [-0.39, 0.29) is 5.82 Å². The highest BCUT2D eigenvalue weighted by atomic mass is 19.4. The molecule has 0 bridgehead atoms. The second-order valence-electron chi connectivity index (χ2n) is 2.34. The molecule has 0 aromatic carbocycles. The van der Waals surface area contributed by atoms with Crippen LogP contribution in [0.2, 0.25) is 0 Å². The van der Waals surface area contributed by atoms with E-state index in [0.717, 1.165) is 17.0 Å². The maximum absolute atomic E-state index is 12.0. The standard InChI is InChI=1S/C6H6F3N3O/c1-12-3-4(6(7,8)9)11-5(12)2-10-13/h2-3,13H,1H3/b10-2+. The van der Waals surface area contributed by atoms with Crippen LogP contribution in [0.5, 0.6) is 0 Å². The summed E-state index contributed by atoms with van der Waals surface area (Å²) in [6.45, 7) is 0. The van der Waals surface area contributed by atoms with E-state index in [0.29, 0.717) is 0 Å². The minimum atomic E-state index is -4.47. The lowest BCUT2D eigenvalue weighted by Gasteiger charge is -1.98. The first kappa shape index (κ1) is 9.56. The van der Waals surface area contributed by atoms with Gasteiger partial charge < -0.3 is 9.77 Å². The molecule has 1 heterocycles. The molecule has 1 rings (SSSR count). The number of rotatable bonds is 1. The zero-order valence-electron chi connectivity index (χ0n) is 6.58. The van der Waals surface area contributed by atoms with E-state index in [4.69, 9.17) is 5.21 Å². The van der Waals surface area contributed by atoms with Crippen molar-refractivity contribution >= 4 is 6.21 Å². The van der Waals surface area contributed by atoms with Gasteiger partial charge in [-0.05, 0) is 0 Å². The van der Waals surface area contributed by atoms with Gasteiger partial charge in [-0.3, -0.25) is 0 Å². The third-order valence-corrected chi connectivity index (χ3v) is 1.38. The number of aryl methyl sites for hydroxylation is 1. The van der Waals surface area contributed by atoms with Gasteiger partial charge >= 0.3 is 6.18 Å². The van der Waals surface area contributed by atoms with Crippen molar-refractivity contribution < 1.29 is 18.4 Å². The molecule has 0 aliphatic heterocycles. The normalized spacial score (nSPS) is 12.6. The molecule has 72 valence electrons. The van der Waals surface area contributed by atoms with Crippen LogP contribution >= 0.6 is 0 Å². The van der Waals surface area contributed by atoms with Crippen LogP contribution in [-0.2, 0) is 13.2 Å². The number of halogens is 3. The third-order valence-electron chi connectivity index (χ3n) is 1.38. The summed E-state index contributed by atoms with van der Waals surface area (Å²) in [5, 5.41) is 10.7. The van der Waals surface area contributed by atoms with Crippen molar-refractivity contribution in [1.29, 1.82) is 0 Å². The molecule has 1 aromatic heterocycles. The van der Waals surface area contributed by atoms with Gasteiger partial charge in [0.15, 0.2) is 11.5 Å². The number of alkyl halides is 3. The van der Waals surface area contributed by atoms with Gasteiger partial charge in [0.25, 0.3) is 0 Å². The Bertz CT molecular complexity index is 328. The van der Waals surface area contributed by atoms with Gasteiger partial charge in [-0.15, -0.1) is 0 Å². The average Bonchev–Trinajstić information content (AvgIpc) is 2.32. The summed E-state index contributed by atoms with van der Waals surface area (Å²) >= 11 is 0. The molecule has 0 spiro atoms. The molecular weight excluding hydrogens is 187 g/mol. The van der Waals surface area contributed by atoms with Crippen molar-refractivity contribution in [2.45, 2.75) is 6.18 Å². The maximum atomic E-state index is 12.0. The quantitative estimate of drug-likeness (QED) is 0.414. The lowest BCUT2D eigenvalue weighted by molar-refractivity contribution is -0.140. The van der Waals surface area contributed by atoms with Crippen molar-refractivity contribution in [2.24, 2.45) is 12.2 Å². The van der Waals surface area contributed by atoms with Crippen LogP contribution in [-0.4, -0.2) is 21.0 Å². The lowest BCUT2D eigenvalue weighted by Crippen LogP contribution is -2.05. The Morgan fingerprint density at radius 1 is 1.62 bits per heavy atom. The Morgan fingerprint density at radius 2 is 2.23 bits per heavy atom. The van der Waals surface area contributed by atoms with Crippen LogP contribution in [0, 0.1) is 0 Å². The zero-order chi connectivity index (χ0) is 10.1. The number of nitrogens with zero attached hydrogens (tertiary/aromatic N) is 3. The summed E-state index contributed by atoms with van der Waals surface area (Å²) in [6.07, 6.45) is -2.83. The second kappa shape index (κ2) is 3.08. The molecule has 0 aliphatic rings. The molecular formula is C6H6F3N3O. The van der Waals surface area contributed by atoms with Gasteiger partial charge in [0.05, 0.1) is 0 Å². The predicted octanol–water partition coefficient (Wildman–Crippen LogP) is 1.25. The number of imidazole rings is 1. The van der Waals surface area contributed by atoms with Gasteiger partial charge in [-0.1, -0.05) is 5.16 Å². The topological polar surface area (TPSA) is 50.4 Å². The Hall–Kier alpha value is -1.53. The fourth-order valence-corrected chi connectivity index (χ4v) is 0.789. The summed E-state index contributed by atoms with van der Waals surface area (Å²) < 4.78 is 37.2. The minimum Gasteiger partial charge on any atom is -0.411 e. The molecule has 4 nitrogen and oxygen atoms in total. The third kappa shape index (κ3) is 1.98. The summed E-state index contributed by atoms with van der Waals surface area (Å²) in [4.78, 5) is 3.20. The molecule has 0 aliphatic carbocycles. The zero-order valence-corrected chi connectivity index (χ0v) is 6.58. The average molecular weight is 193 g/mol. The molecule has 0 saturated carbocycles. The monoisotopic (exact) mass is 193 g/mol. The Morgan fingerprint density at radius 3 is 2.62 bits per heavy atom. The Kier molecular flexibility index (Phi) is 2.26. The molecule has 0 fully saturated rings. The number of oxime groups is 1. The van der Waals surface area contributed by atoms with Crippen LogP contribution in [0.4, 0.5) is 13.2 Å². The van der Waals surface area contributed by atoms with E-state index in [2.05, 4.69) is 10.1 Å². The van der Waals surface area contributed by atoms with Crippen molar-refractivity contribution in [3.05, 3.63) is 17.7 Å². The van der Waals surface area contributed by atoms with Gasteiger partial charge in [-0.2, -0.15) is 13.2 Å². The van der Waals surface area contributed by atoms with E-state index in [1.54, 1.807) is 0 Å². The van der Waals surface area contributed by atoms with Gasteiger partial charge in [0, 0.05) is 13.2 Å². The Balaban J connectivity index is 3.09. The fraction of sp³-hybridized carbons (Fsp3) is 0.333. The highest BCUT2D eigenvalue weighted by molar-refractivity contribution is 5.74. The maximum Gasteiger partial charge on any atom is 0.434 e. The largest absolute Gasteiger partial charge is 0.434 e. The first-order valence-electron chi connectivity index (χ1n) is 3.23. The molecule has 0 amide bonds. The van der Waals surface area contributed by atoms with E-state index >= 15 is 0 Å². The first-order valence-corrected chi connectivity index (χ1v) is 3.23. The smallest absolute Gasteiger partial charge is 0.411 e. The van der Waals surface area contributed by atoms with Crippen LogP contribution in [0.1, 0.15) is 11.5 Å². The summed E-state index contributed by atoms with van der Waals surface area (Å²) in [7, 11) is 1.37. The van der Waals surface area contributed by atoms with Crippen molar-refractivity contribution in [2.75, 3.05) is 0 Å². The van der Waals surface area contributed by atoms with Crippen LogP contribution in [0.3, 0.4) is 0 Å². The van der Waals surface area contributed by atoms with E-state index in [9.17, 15) is 13.2 Å². The fourth-order valence-electron chi connectivity index (χ4n) is 0.789. The lowest BCUT2D eigenvalue weighted by atomic mass is 10.5. The predicted molar refractivity (Wildman–Crippen MR) is 37.6 cm³/mol. The van der Waals surface area contributed by atoms with E-state index in [1.807, 2.05) is 0 Å². The second-order valence-corrected chi connectivity index (χ2v) is 2.34. The molecule has 0 radical (unpaired) electrons. The number of hydrogen-bond acceptors (Lipinski definition) is 3. The molecule has 0 atom stereocenters. The van der Waals surface area contributed by atoms with Crippen LogP contribution in [0.15, 0.2) is 11.4 Å². The summed E-state index contributed by atoms with van der Waals surface area (Å²) in [5.41, 5.74) is -1.01. The SMILES string of the molecule is Cn1cc(C(F)(F)F)nc1/C=N/O. The summed E-state index contributed by atoms with van der Waals surface area (Å²) in [6, 6.07) is 0. The van der Waals surface area contributed by atoms with Gasteiger partial charge in [0.2, 0.25) is 0 Å². The molecule has 13 heavy (non-hydrogen) atoms. The number of hydrogen-bond donors (Lipinski definition) is 1. The van der Waals surface area contributed by atoms with Crippen molar-refractivity contribution in [1.82, 2.24) is 9.55 Å². The van der Waals surface area contributed by atoms with Crippen molar-refractivity contribution in [3.63, 3.8) is 0 Å². The molecule has 0 saturated heterocycles. The summed E-state index contributed by atoms with van der Waals surface area (Å²) in [5.74, 6) is -0.0603. The van der Waals surface area contributed by atoms with E-state index in [1.165, 1.54) is 7.05 Å². The van der Waals surface area contributed by atoms with Gasteiger partial charge in [0.1, 0.15) is 6.21 Å². The van der Waals surface area contributed by atoms with Gasteiger partial charge in [-0.25, -0.2) is 4.98 Å². The molecule has 1 aromatic rings. The van der Waals surface area contributed by atoms with E-state index < -0.39 is 11.9 Å².